The molecule has 1 aliphatic rings. The molecular weight excluding hydrogens is 384 g/mol. The highest BCUT2D eigenvalue weighted by molar-refractivity contribution is 6.30. The molecule has 1 atom stereocenters. The summed E-state index contributed by atoms with van der Waals surface area (Å²) in [6.07, 6.45) is 0.367. The van der Waals surface area contributed by atoms with E-state index in [0.717, 1.165) is 31.7 Å². The van der Waals surface area contributed by atoms with Crippen molar-refractivity contribution in [2.45, 2.75) is 12.5 Å². The molecule has 0 radical (unpaired) electrons. The average molecular weight is 415 g/mol. The van der Waals surface area contributed by atoms with Crippen molar-refractivity contribution in [3.05, 3.63) is 64.7 Å². The fraction of sp³-hybridized carbons (Fsp3) is 0.435. The molecule has 1 fully saturated rings. The number of piperazine rings is 1. The Kier molecular flexibility index (Phi) is 7.53. The highest BCUT2D eigenvalue weighted by Crippen LogP contribution is 2.24. The van der Waals surface area contributed by atoms with Gasteiger partial charge >= 0.3 is 0 Å². The summed E-state index contributed by atoms with van der Waals surface area (Å²) in [6.45, 7) is 4.71. The number of nitrogens with zero attached hydrogens (tertiary/aromatic N) is 3. The lowest BCUT2D eigenvalue weighted by atomic mass is 10.0. The molecule has 0 aliphatic carbocycles. The van der Waals surface area contributed by atoms with Crippen molar-refractivity contribution in [2.75, 3.05) is 58.8 Å². The largest absolute Gasteiger partial charge is 0.378 e. The van der Waals surface area contributed by atoms with Crippen LogP contribution in [-0.2, 0) is 11.2 Å². The van der Waals surface area contributed by atoms with Crippen LogP contribution in [0.15, 0.2) is 48.5 Å². The quantitative estimate of drug-likeness (QED) is 0.755. The molecule has 29 heavy (non-hydrogen) atoms. The molecule has 2 aromatic carbocycles. The van der Waals surface area contributed by atoms with E-state index in [-0.39, 0.29) is 11.9 Å². The summed E-state index contributed by atoms with van der Waals surface area (Å²) in [5.41, 5.74) is 3.39. The first-order valence-electron chi connectivity index (χ1n) is 10.1. The fourth-order valence-corrected chi connectivity index (χ4v) is 3.77. The molecule has 0 spiro atoms. The van der Waals surface area contributed by atoms with Gasteiger partial charge in [-0.2, -0.15) is 0 Å². The van der Waals surface area contributed by atoms with Gasteiger partial charge in [0.25, 0.3) is 0 Å². The zero-order valence-corrected chi connectivity index (χ0v) is 18.3. The van der Waals surface area contributed by atoms with E-state index in [1.807, 2.05) is 38.4 Å². The summed E-state index contributed by atoms with van der Waals surface area (Å²) in [7, 11) is 6.25. The number of carbonyl (C=O) groups excluding carboxylic acids is 1. The minimum Gasteiger partial charge on any atom is -0.378 e. The molecule has 156 valence electrons. The Balaban J connectivity index is 1.67. The summed E-state index contributed by atoms with van der Waals surface area (Å²) in [4.78, 5) is 19.5. The molecule has 3 rings (SSSR count). The Morgan fingerprint density at radius 2 is 1.66 bits per heavy atom. The number of benzene rings is 2. The maximum absolute atomic E-state index is 12.5. The SMILES string of the molecule is CN1CCN([C@H](CNC(=O)Cc2ccc(Cl)cc2)c2ccc(N(C)C)cc2)CC1. The van der Waals surface area contributed by atoms with Gasteiger partial charge in [0, 0.05) is 57.5 Å². The lowest BCUT2D eigenvalue weighted by molar-refractivity contribution is -0.120. The van der Waals surface area contributed by atoms with E-state index in [2.05, 4.69) is 51.3 Å². The normalized spacial score (nSPS) is 16.4. The molecule has 1 saturated heterocycles. The van der Waals surface area contributed by atoms with Crippen LogP contribution in [0, 0.1) is 0 Å². The maximum Gasteiger partial charge on any atom is 0.224 e. The fourth-order valence-electron chi connectivity index (χ4n) is 3.65. The summed E-state index contributed by atoms with van der Waals surface area (Å²) < 4.78 is 0. The minimum atomic E-state index is 0.0383. The van der Waals surface area contributed by atoms with E-state index in [1.54, 1.807) is 0 Å². The predicted molar refractivity (Wildman–Crippen MR) is 121 cm³/mol. The van der Waals surface area contributed by atoms with Crippen molar-refractivity contribution in [1.29, 1.82) is 0 Å². The molecule has 0 aromatic heterocycles. The predicted octanol–water partition coefficient (Wildman–Crippen LogP) is 3.05. The third-order valence-electron chi connectivity index (χ3n) is 5.54. The topological polar surface area (TPSA) is 38.8 Å². The van der Waals surface area contributed by atoms with Crippen LogP contribution in [0.3, 0.4) is 0 Å². The van der Waals surface area contributed by atoms with Gasteiger partial charge in [-0.25, -0.2) is 0 Å². The van der Waals surface area contributed by atoms with E-state index in [9.17, 15) is 4.79 Å². The number of likely N-dealkylation sites (N-methyl/N-ethyl adjacent to an activating group) is 1. The van der Waals surface area contributed by atoms with Crippen LogP contribution in [0.4, 0.5) is 5.69 Å². The number of halogens is 1. The van der Waals surface area contributed by atoms with Crippen LogP contribution >= 0.6 is 11.6 Å². The Morgan fingerprint density at radius 3 is 2.24 bits per heavy atom. The second-order valence-electron chi connectivity index (χ2n) is 7.95. The lowest BCUT2D eigenvalue weighted by Gasteiger charge is -2.38. The number of rotatable bonds is 7. The zero-order chi connectivity index (χ0) is 20.8. The molecule has 1 N–H and O–H groups in total. The number of anilines is 1. The monoisotopic (exact) mass is 414 g/mol. The molecular formula is C23H31ClN4O. The van der Waals surface area contributed by atoms with Crippen molar-refractivity contribution in [3.63, 3.8) is 0 Å². The van der Waals surface area contributed by atoms with E-state index in [4.69, 9.17) is 11.6 Å². The second-order valence-corrected chi connectivity index (χ2v) is 8.38. The van der Waals surface area contributed by atoms with Crippen LogP contribution in [0.2, 0.25) is 5.02 Å². The van der Waals surface area contributed by atoms with Crippen LogP contribution in [0.1, 0.15) is 17.2 Å². The van der Waals surface area contributed by atoms with Crippen LogP contribution in [0.5, 0.6) is 0 Å². The molecule has 0 saturated carbocycles. The first-order chi connectivity index (χ1) is 13.9. The van der Waals surface area contributed by atoms with Crippen molar-refractivity contribution >= 4 is 23.2 Å². The second kappa shape index (κ2) is 10.1. The maximum atomic E-state index is 12.5. The van der Waals surface area contributed by atoms with Gasteiger partial charge in [0.05, 0.1) is 12.5 Å². The molecule has 1 aliphatic heterocycles. The van der Waals surface area contributed by atoms with E-state index >= 15 is 0 Å². The Labute approximate surface area is 179 Å². The zero-order valence-electron chi connectivity index (χ0n) is 17.6. The first-order valence-corrected chi connectivity index (χ1v) is 10.5. The summed E-state index contributed by atoms with van der Waals surface area (Å²) in [5, 5.41) is 3.84. The van der Waals surface area contributed by atoms with Gasteiger partial charge in [-0.15, -0.1) is 0 Å². The highest BCUT2D eigenvalue weighted by Gasteiger charge is 2.24. The summed E-state index contributed by atoms with van der Waals surface area (Å²) >= 11 is 5.93. The van der Waals surface area contributed by atoms with Crippen molar-refractivity contribution in [3.8, 4) is 0 Å². The molecule has 6 heteroatoms. The Bertz CT molecular complexity index is 784. The minimum absolute atomic E-state index is 0.0383. The number of nitrogens with one attached hydrogen (secondary N) is 1. The third kappa shape index (κ3) is 6.20. The van der Waals surface area contributed by atoms with Gasteiger partial charge < -0.3 is 15.1 Å². The summed E-state index contributed by atoms with van der Waals surface area (Å²) in [5.74, 6) is 0.0383. The van der Waals surface area contributed by atoms with Crippen LogP contribution in [-0.4, -0.2) is 69.6 Å². The summed E-state index contributed by atoms with van der Waals surface area (Å²) in [6, 6.07) is 16.3. The highest BCUT2D eigenvalue weighted by atomic mass is 35.5. The molecule has 2 aromatic rings. The molecule has 5 nitrogen and oxygen atoms in total. The first kappa shape index (κ1) is 21.6. The van der Waals surface area contributed by atoms with Crippen LogP contribution in [0.25, 0.3) is 0 Å². The van der Waals surface area contributed by atoms with Gasteiger partial charge in [-0.1, -0.05) is 35.9 Å². The number of hydrogen-bond donors (Lipinski definition) is 1. The average Bonchev–Trinajstić information content (AvgIpc) is 2.71. The van der Waals surface area contributed by atoms with Crippen molar-refractivity contribution in [2.24, 2.45) is 0 Å². The Hall–Kier alpha value is -2.08. The van der Waals surface area contributed by atoms with Gasteiger partial charge in [-0.05, 0) is 42.4 Å². The van der Waals surface area contributed by atoms with Gasteiger partial charge in [0.1, 0.15) is 0 Å². The third-order valence-corrected chi connectivity index (χ3v) is 5.80. The van der Waals surface area contributed by atoms with Crippen molar-refractivity contribution in [1.82, 2.24) is 15.1 Å². The van der Waals surface area contributed by atoms with Gasteiger partial charge in [-0.3, -0.25) is 9.69 Å². The number of hydrogen-bond acceptors (Lipinski definition) is 4. The smallest absolute Gasteiger partial charge is 0.224 e. The van der Waals surface area contributed by atoms with E-state index in [0.29, 0.717) is 18.0 Å². The molecule has 0 bridgehead atoms. The van der Waals surface area contributed by atoms with Crippen molar-refractivity contribution < 1.29 is 4.79 Å². The number of carbonyl (C=O) groups is 1. The van der Waals surface area contributed by atoms with E-state index < -0.39 is 0 Å². The lowest BCUT2D eigenvalue weighted by Crippen LogP contribution is -2.48. The van der Waals surface area contributed by atoms with Crippen LogP contribution < -0.4 is 10.2 Å². The van der Waals surface area contributed by atoms with Gasteiger partial charge in [0.15, 0.2) is 0 Å². The standard InChI is InChI=1S/C23H31ClN4O/c1-26(2)21-10-6-19(7-11-21)22(28-14-12-27(3)13-15-28)17-25-23(29)16-18-4-8-20(24)9-5-18/h4-11,22H,12-17H2,1-3H3,(H,25,29)/t22-/m1/s1. The molecule has 0 unspecified atom stereocenters. The van der Waals surface area contributed by atoms with Gasteiger partial charge in [0.2, 0.25) is 5.91 Å². The number of amides is 1. The molecule has 1 heterocycles. The van der Waals surface area contributed by atoms with E-state index in [1.165, 1.54) is 11.3 Å². The molecule has 1 amide bonds. The Morgan fingerprint density at radius 1 is 1.03 bits per heavy atom.